The van der Waals surface area contributed by atoms with Crippen LogP contribution in [0.4, 0.5) is 0 Å². The Labute approximate surface area is 109 Å². The molecule has 0 radical (unpaired) electrons. The summed E-state index contributed by atoms with van der Waals surface area (Å²) >= 11 is 0. The van der Waals surface area contributed by atoms with Crippen molar-refractivity contribution in [3.05, 3.63) is 12.2 Å². The van der Waals surface area contributed by atoms with Crippen LogP contribution in [0.3, 0.4) is 0 Å². The van der Waals surface area contributed by atoms with Gasteiger partial charge in [-0.05, 0) is 12.8 Å². The summed E-state index contributed by atoms with van der Waals surface area (Å²) in [6, 6.07) is 0. The highest BCUT2D eigenvalue weighted by molar-refractivity contribution is 5.91. The number of rotatable bonds is 10. The van der Waals surface area contributed by atoms with Crippen molar-refractivity contribution in [1.29, 1.82) is 0 Å². The minimum absolute atomic E-state index is 0.395. The van der Waals surface area contributed by atoms with Crippen LogP contribution < -0.4 is 0 Å². The van der Waals surface area contributed by atoms with Gasteiger partial charge < -0.3 is 9.47 Å². The molecule has 104 valence electrons. The lowest BCUT2D eigenvalue weighted by molar-refractivity contribution is -0.140. The Morgan fingerprint density at radius 1 is 0.778 bits per heavy atom. The van der Waals surface area contributed by atoms with E-state index in [-0.39, 0.29) is 0 Å². The molecule has 0 aromatic rings. The molecule has 0 saturated heterocycles. The Hall–Kier alpha value is -1.32. The molecule has 0 fully saturated rings. The smallest absolute Gasteiger partial charge is 0.331 e. The van der Waals surface area contributed by atoms with Crippen LogP contribution in [0, 0.1) is 0 Å². The third kappa shape index (κ3) is 11.2. The minimum atomic E-state index is -0.494. The van der Waals surface area contributed by atoms with E-state index >= 15 is 0 Å². The number of unbranched alkanes of at least 4 members (excludes halogenated alkanes) is 4. The summed E-state index contributed by atoms with van der Waals surface area (Å²) < 4.78 is 9.79. The molecule has 0 unspecified atom stereocenters. The van der Waals surface area contributed by atoms with Gasteiger partial charge in [0.1, 0.15) is 0 Å². The first-order chi connectivity index (χ1) is 8.70. The van der Waals surface area contributed by atoms with E-state index in [1.807, 2.05) is 6.92 Å². The third-order valence-electron chi connectivity index (χ3n) is 2.34. The zero-order valence-electron chi connectivity index (χ0n) is 11.4. The van der Waals surface area contributed by atoms with E-state index in [0.29, 0.717) is 13.2 Å². The van der Waals surface area contributed by atoms with Crippen molar-refractivity contribution in [1.82, 2.24) is 0 Å². The standard InChI is InChI=1S/C14H24O4/c1-3-5-7-8-12-18-14(16)10-9-13(15)17-11-6-4-2/h9-10H,3-8,11-12H2,1-2H3/b10-9+. The van der Waals surface area contributed by atoms with Gasteiger partial charge in [-0.2, -0.15) is 0 Å². The van der Waals surface area contributed by atoms with E-state index in [1.165, 1.54) is 0 Å². The normalized spacial score (nSPS) is 10.6. The maximum absolute atomic E-state index is 11.2. The summed E-state index contributed by atoms with van der Waals surface area (Å²) in [6.07, 6.45) is 8.27. The molecule has 0 amide bonds. The Morgan fingerprint density at radius 3 is 1.78 bits per heavy atom. The second-order valence-corrected chi connectivity index (χ2v) is 4.08. The predicted octanol–water partition coefficient (Wildman–Crippen LogP) is 3.01. The molecular formula is C14H24O4. The van der Waals surface area contributed by atoms with Crippen LogP contribution in [0.5, 0.6) is 0 Å². The van der Waals surface area contributed by atoms with Gasteiger partial charge in [-0.15, -0.1) is 0 Å². The van der Waals surface area contributed by atoms with Crippen molar-refractivity contribution in [2.24, 2.45) is 0 Å². The quantitative estimate of drug-likeness (QED) is 0.342. The monoisotopic (exact) mass is 256 g/mol. The number of hydrogen-bond acceptors (Lipinski definition) is 4. The Morgan fingerprint density at radius 2 is 1.28 bits per heavy atom. The molecule has 0 heterocycles. The molecule has 0 aliphatic rings. The molecule has 18 heavy (non-hydrogen) atoms. The fourth-order valence-corrected chi connectivity index (χ4v) is 1.25. The van der Waals surface area contributed by atoms with Gasteiger partial charge in [0.05, 0.1) is 13.2 Å². The summed E-state index contributed by atoms with van der Waals surface area (Å²) in [5.41, 5.74) is 0. The topological polar surface area (TPSA) is 52.6 Å². The van der Waals surface area contributed by atoms with Gasteiger partial charge in [-0.25, -0.2) is 9.59 Å². The fourth-order valence-electron chi connectivity index (χ4n) is 1.25. The van der Waals surface area contributed by atoms with Crippen molar-refractivity contribution in [3.63, 3.8) is 0 Å². The van der Waals surface area contributed by atoms with Crippen LogP contribution in [0.2, 0.25) is 0 Å². The predicted molar refractivity (Wildman–Crippen MR) is 70.1 cm³/mol. The number of ether oxygens (including phenoxy) is 2. The van der Waals surface area contributed by atoms with Crippen molar-refractivity contribution < 1.29 is 19.1 Å². The number of carbonyl (C=O) groups excluding carboxylic acids is 2. The number of esters is 2. The van der Waals surface area contributed by atoms with E-state index in [9.17, 15) is 9.59 Å². The average Bonchev–Trinajstić information content (AvgIpc) is 2.36. The summed E-state index contributed by atoms with van der Waals surface area (Å²) in [5.74, 6) is -0.981. The van der Waals surface area contributed by atoms with E-state index in [1.54, 1.807) is 0 Å². The van der Waals surface area contributed by atoms with Crippen molar-refractivity contribution in [2.75, 3.05) is 13.2 Å². The lowest BCUT2D eigenvalue weighted by Crippen LogP contribution is -2.06. The van der Waals surface area contributed by atoms with Gasteiger partial charge >= 0.3 is 11.9 Å². The van der Waals surface area contributed by atoms with Crippen LogP contribution in [-0.2, 0) is 19.1 Å². The van der Waals surface area contributed by atoms with Gasteiger partial charge in [0, 0.05) is 12.2 Å². The highest BCUT2D eigenvalue weighted by Gasteiger charge is 2.00. The Bertz CT molecular complexity index is 259. The molecule has 0 aliphatic heterocycles. The van der Waals surface area contributed by atoms with E-state index in [4.69, 9.17) is 9.47 Å². The molecule has 4 nitrogen and oxygen atoms in total. The first-order valence-electron chi connectivity index (χ1n) is 6.72. The highest BCUT2D eigenvalue weighted by Crippen LogP contribution is 1.99. The molecule has 0 rings (SSSR count). The molecule has 0 spiro atoms. The van der Waals surface area contributed by atoms with Crippen molar-refractivity contribution >= 4 is 11.9 Å². The third-order valence-corrected chi connectivity index (χ3v) is 2.34. The average molecular weight is 256 g/mol. The van der Waals surface area contributed by atoms with Gasteiger partial charge in [-0.1, -0.05) is 39.5 Å². The van der Waals surface area contributed by atoms with Gasteiger partial charge in [0.2, 0.25) is 0 Å². The summed E-state index contributed by atoms with van der Waals surface area (Å²) in [6.45, 7) is 4.94. The molecule has 4 heteroatoms. The van der Waals surface area contributed by atoms with Gasteiger partial charge in [0.15, 0.2) is 0 Å². The van der Waals surface area contributed by atoms with Crippen LogP contribution in [0.1, 0.15) is 52.4 Å². The molecule has 0 aromatic carbocycles. The molecule has 0 aromatic heterocycles. The van der Waals surface area contributed by atoms with E-state index in [2.05, 4.69) is 6.92 Å². The molecule has 0 aliphatic carbocycles. The zero-order valence-corrected chi connectivity index (χ0v) is 11.4. The lowest BCUT2D eigenvalue weighted by Gasteiger charge is -2.01. The fraction of sp³-hybridized carbons (Fsp3) is 0.714. The van der Waals surface area contributed by atoms with E-state index in [0.717, 1.165) is 50.7 Å². The molecular weight excluding hydrogens is 232 g/mol. The van der Waals surface area contributed by atoms with Gasteiger partial charge in [0.25, 0.3) is 0 Å². The van der Waals surface area contributed by atoms with Crippen LogP contribution >= 0.6 is 0 Å². The maximum Gasteiger partial charge on any atom is 0.331 e. The number of hydrogen-bond donors (Lipinski definition) is 0. The van der Waals surface area contributed by atoms with Crippen LogP contribution in [0.25, 0.3) is 0 Å². The summed E-state index contributed by atoms with van der Waals surface area (Å²) in [5, 5.41) is 0. The Kier molecular flexibility index (Phi) is 11.3. The van der Waals surface area contributed by atoms with E-state index < -0.39 is 11.9 Å². The molecule has 0 saturated carbocycles. The summed E-state index contributed by atoms with van der Waals surface area (Å²) in [7, 11) is 0. The molecule has 0 bridgehead atoms. The van der Waals surface area contributed by atoms with Crippen molar-refractivity contribution in [3.8, 4) is 0 Å². The zero-order chi connectivity index (χ0) is 13.6. The Balaban J connectivity index is 3.57. The highest BCUT2D eigenvalue weighted by atomic mass is 16.5. The minimum Gasteiger partial charge on any atom is -0.463 e. The second kappa shape index (κ2) is 12.1. The number of carbonyl (C=O) groups is 2. The SMILES string of the molecule is CCCCCCOC(=O)/C=C/C(=O)OCCCC. The largest absolute Gasteiger partial charge is 0.463 e. The lowest BCUT2D eigenvalue weighted by atomic mass is 10.2. The first kappa shape index (κ1) is 16.7. The van der Waals surface area contributed by atoms with Crippen LogP contribution in [-0.4, -0.2) is 25.2 Å². The summed E-state index contributed by atoms with van der Waals surface area (Å²) in [4.78, 5) is 22.3. The van der Waals surface area contributed by atoms with Crippen LogP contribution in [0.15, 0.2) is 12.2 Å². The molecule has 0 N–H and O–H groups in total. The molecule has 0 atom stereocenters. The first-order valence-corrected chi connectivity index (χ1v) is 6.72. The maximum atomic E-state index is 11.2. The van der Waals surface area contributed by atoms with Gasteiger partial charge in [-0.3, -0.25) is 0 Å². The van der Waals surface area contributed by atoms with Crippen molar-refractivity contribution in [2.45, 2.75) is 52.4 Å². The second-order valence-electron chi connectivity index (χ2n) is 4.08.